The standard InChI is InChI=1S/C8H13NO2.C6H11NO/c1-7(10)11-8-4-3-5-9(2)6-8;1-7-4-2-3-6(8)5-7/h3-4,8H,5-6H2,1-2H3;2-3,6,8H,4-5H2,1H3. The zero-order valence-corrected chi connectivity index (χ0v) is 12.0. The largest absolute Gasteiger partial charge is 0.457 e. The lowest BCUT2D eigenvalue weighted by molar-refractivity contribution is -0.144. The summed E-state index contributed by atoms with van der Waals surface area (Å²) in [5, 5.41) is 8.95. The van der Waals surface area contributed by atoms with E-state index >= 15 is 0 Å². The minimum Gasteiger partial charge on any atom is -0.457 e. The molecule has 2 rings (SSSR count). The van der Waals surface area contributed by atoms with Gasteiger partial charge in [0.2, 0.25) is 0 Å². The van der Waals surface area contributed by atoms with E-state index in [-0.39, 0.29) is 18.2 Å². The Labute approximate surface area is 115 Å². The summed E-state index contributed by atoms with van der Waals surface area (Å²) in [5.41, 5.74) is 0. The molecule has 2 aliphatic rings. The fourth-order valence-corrected chi connectivity index (χ4v) is 1.98. The fourth-order valence-electron chi connectivity index (χ4n) is 1.98. The summed E-state index contributed by atoms with van der Waals surface area (Å²) < 4.78 is 4.99. The van der Waals surface area contributed by atoms with E-state index < -0.39 is 0 Å². The lowest BCUT2D eigenvalue weighted by atomic mass is 10.2. The van der Waals surface area contributed by atoms with Gasteiger partial charge >= 0.3 is 5.97 Å². The molecule has 0 amide bonds. The van der Waals surface area contributed by atoms with Crippen molar-refractivity contribution < 1.29 is 14.6 Å². The average molecular weight is 268 g/mol. The molecular formula is C14H24N2O3. The normalized spacial score (nSPS) is 27.6. The quantitative estimate of drug-likeness (QED) is 0.546. The molecule has 0 saturated heterocycles. The van der Waals surface area contributed by atoms with Crippen molar-refractivity contribution in [2.45, 2.75) is 19.1 Å². The molecule has 2 atom stereocenters. The van der Waals surface area contributed by atoms with Gasteiger partial charge in [0.15, 0.2) is 0 Å². The predicted octanol–water partition coefficient (Wildman–Crippen LogP) is 0.269. The fraction of sp³-hybridized carbons (Fsp3) is 0.643. The highest BCUT2D eigenvalue weighted by molar-refractivity contribution is 5.66. The number of esters is 1. The van der Waals surface area contributed by atoms with Crippen molar-refractivity contribution in [1.82, 2.24) is 9.80 Å². The number of aliphatic hydroxyl groups excluding tert-OH is 1. The van der Waals surface area contributed by atoms with E-state index in [1.165, 1.54) is 6.92 Å². The van der Waals surface area contributed by atoms with E-state index in [2.05, 4.69) is 9.80 Å². The van der Waals surface area contributed by atoms with Crippen LogP contribution in [0.3, 0.4) is 0 Å². The summed E-state index contributed by atoms with van der Waals surface area (Å²) in [6.45, 7) is 4.92. The van der Waals surface area contributed by atoms with Crippen LogP contribution in [0.5, 0.6) is 0 Å². The van der Waals surface area contributed by atoms with Gasteiger partial charge in [0.25, 0.3) is 0 Å². The van der Waals surface area contributed by atoms with Gasteiger partial charge in [0.05, 0.1) is 6.10 Å². The maximum atomic E-state index is 10.5. The van der Waals surface area contributed by atoms with Crippen molar-refractivity contribution in [2.24, 2.45) is 0 Å². The number of nitrogens with zero attached hydrogens (tertiary/aromatic N) is 2. The summed E-state index contributed by atoms with van der Waals surface area (Å²) >= 11 is 0. The van der Waals surface area contributed by atoms with Gasteiger partial charge in [-0.25, -0.2) is 0 Å². The van der Waals surface area contributed by atoms with Gasteiger partial charge < -0.3 is 9.84 Å². The Balaban J connectivity index is 0.000000200. The molecule has 0 aromatic rings. The molecule has 0 fully saturated rings. The molecule has 2 heterocycles. The van der Waals surface area contributed by atoms with Crippen molar-refractivity contribution >= 4 is 5.97 Å². The monoisotopic (exact) mass is 268 g/mol. The van der Waals surface area contributed by atoms with Gasteiger partial charge in [0.1, 0.15) is 6.10 Å². The van der Waals surface area contributed by atoms with E-state index in [4.69, 9.17) is 9.84 Å². The maximum Gasteiger partial charge on any atom is 0.303 e. The van der Waals surface area contributed by atoms with E-state index in [1.807, 2.05) is 38.4 Å². The van der Waals surface area contributed by atoms with Crippen LogP contribution in [0.25, 0.3) is 0 Å². The molecule has 0 saturated carbocycles. The van der Waals surface area contributed by atoms with Crippen LogP contribution in [0.4, 0.5) is 0 Å². The molecule has 108 valence electrons. The van der Waals surface area contributed by atoms with Gasteiger partial charge in [-0.1, -0.05) is 18.2 Å². The molecule has 0 radical (unpaired) electrons. The SMILES string of the molecule is CC(=O)OC1C=CCN(C)C1.CN1CC=CC(O)C1. The third-order valence-electron chi connectivity index (χ3n) is 2.85. The number of hydrogen-bond donors (Lipinski definition) is 1. The third kappa shape index (κ3) is 7.10. The zero-order valence-electron chi connectivity index (χ0n) is 12.0. The molecule has 1 N–H and O–H groups in total. The molecule has 0 spiro atoms. The topological polar surface area (TPSA) is 53.0 Å². The summed E-state index contributed by atoms with van der Waals surface area (Å²) in [5.74, 6) is -0.213. The van der Waals surface area contributed by atoms with Crippen molar-refractivity contribution in [2.75, 3.05) is 40.3 Å². The highest BCUT2D eigenvalue weighted by atomic mass is 16.5. The molecule has 0 aromatic carbocycles. The van der Waals surface area contributed by atoms with Gasteiger partial charge in [-0.15, -0.1) is 0 Å². The van der Waals surface area contributed by atoms with Crippen molar-refractivity contribution in [1.29, 1.82) is 0 Å². The summed E-state index contributed by atoms with van der Waals surface area (Å²) in [6, 6.07) is 0. The molecule has 19 heavy (non-hydrogen) atoms. The Kier molecular flexibility index (Phi) is 6.77. The Morgan fingerprint density at radius 2 is 1.74 bits per heavy atom. The van der Waals surface area contributed by atoms with Gasteiger partial charge in [0, 0.05) is 33.1 Å². The molecule has 2 unspecified atom stereocenters. The Morgan fingerprint density at radius 1 is 1.16 bits per heavy atom. The van der Waals surface area contributed by atoms with Gasteiger partial charge in [-0.2, -0.15) is 0 Å². The number of carbonyl (C=O) groups is 1. The van der Waals surface area contributed by atoms with Crippen molar-refractivity contribution in [3.8, 4) is 0 Å². The number of β-amino-alcohol motifs (C(OH)–C–C–N with tert-alkyl or cyclic N) is 1. The van der Waals surface area contributed by atoms with E-state index in [9.17, 15) is 4.79 Å². The van der Waals surface area contributed by atoms with Crippen molar-refractivity contribution in [3.63, 3.8) is 0 Å². The molecule has 0 aliphatic carbocycles. The van der Waals surface area contributed by atoms with E-state index in [0.717, 1.165) is 26.2 Å². The second-order valence-corrected chi connectivity index (χ2v) is 5.01. The average Bonchev–Trinajstić information content (AvgIpc) is 2.28. The first-order valence-corrected chi connectivity index (χ1v) is 6.53. The first-order valence-electron chi connectivity index (χ1n) is 6.53. The first kappa shape index (κ1) is 15.9. The van der Waals surface area contributed by atoms with Crippen LogP contribution in [0.2, 0.25) is 0 Å². The van der Waals surface area contributed by atoms with Gasteiger partial charge in [-0.3, -0.25) is 14.6 Å². The van der Waals surface area contributed by atoms with Crippen LogP contribution >= 0.6 is 0 Å². The van der Waals surface area contributed by atoms with Crippen LogP contribution in [0.1, 0.15) is 6.92 Å². The summed E-state index contributed by atoms with van der Waals surface area (Å²) in [4.78, 5) is 14.7. The van der Waals surface area contributed by atoms with E-state index in [0.29, 0.717) is 0 Å². The highest BCUT2D eigenvalue weighted by Gasteiger charge is 2.13. The number of aliphatic hydroxyl groups is 1. The Bertz CT molecular complexity index is 342. The first-order chi connectivity index (χ1) is 8.97. The van der Waals surface area contributed by atoms with Gasteiger partial charge in [-0.05, 0) is 20.2 Å². The van der Waals surface area contributed by atoms with Crippen LogP contribution in [-0.4, -0.2) is 73.4 Å². The van der Waals surface area contributed by atoms with Crippen LogP contribution in [0.15, 0.2) is 24.3 Å². The van der Waals surface area contributed by atoms with Crippen LogP contribution in [-0.2, 0) is 9.53 Å². The highest BCUT2D eigenvalue weighted by Crippen LogP contribution is 2.03. The minimum absolute atomic E-state index is 0.0498. The molecule has 0 aromatic heterocycles. The molecular weight excluding hydrogens is 244 g/mol. The smallest absolute Gasteiger partial charge is 0.303 e. The maximum absolute atomic E-state index is 10.5. The Morgan fingerprint density at radius 3 is 2.16 bits per heavy atom. The predicted molar refractivity (Wildman–Crippen MR) is 74.8 cm³/mol. The second-order valence-electron chi connectivity index (χ2n) is 5.01. The summed E-state index contributed by atoms with van der Waals surface area (Å²) in [6.07, 6.45) is 7.46. The number of rotatable bonds is 1. The number of ether oxygens (including phenoxy) is 1. The number of hydrogen-bond acceptors (Lipinski definition) is 5. The molecule has 0 bridgehead atoms. The van der Waals surface area contributed by atoms with Crippen molar-refractivity contribution in [3.05, 3.63) is 24.3 Å². The minimum atomic E-state index is -0.242. The lowest BCUT2D eigenvalue weighted by Gasteiger charge is -2.24. The molecule has 2 aliphatic heterocycles. The number of likely N-dealkylation sites (N-methyl/N-ethyl adjacent to an activating group) is 2. The molecule has 5 nitrogen and oxygen atoms in total. The van der Waals surface area contributed by atoms with Crippen LogP contribution < -0.4 is 0 Å². The summed E-state index contributed by atoms with van der Waals surface area (Å²) in [7, 11) is 3.99. The second kappa shape index (κ2) is 8.09. The molecule has 5 heteroatoms. The van der Waals surface area contributed by atoms with E-state index in [1.54, 1.807) is 0 Å². The van der Waals surface area contributed by atoms with Crippen LogP contribution in [0, 0.1) is 0 Å². The lowest BCUT2D eigenvalue weighted by Crippen LogP contribution is -2.34. The third-order valence-corrected chi connectivity index (χ3v) is 2.85. The zero-order chi connectivity index (χ0) is 14.3. The number of carbonyl (C=O) groups excluding carboxylic acids is 1. The Hall–Kier alpha value is -1.17.